The highest BCUT2D eigenvalue weighted by Crippen LogP contribution is 2.07. The molecule has 0 spiro atoms. The lowest BCUT2D eigenvalue weighted by atomic mass is 10.1. The third-order valence-corrected chi connectivity index (χ3v) is 3.07. The monoisotopic (exact) mass is 298 g/mol. The highest BCUT2D eigenvalue weighted by Gasteiger charge is 2.10. The lowest BCUT2D eigenvalue weighted by Gasteiger charge is -2.07. The van der Waals surface area contributed by atoms with E-state index in [2.05, 4.69) is 5.32 Å². The number of esters is 1. The van der Waals surface area contributed by atoms with E-state index in [1.807, 2.05) is 31.2 Å². The van der Waals surface area contributed by atoms with Crippen LogP contribution in [0.2, 0.25) is 0 Å². The summed E-state index contributed by atoms with van der Waals surface area (Å²) in [5, 5.41) is 2.70. The van der Waals surface area contributed by atoms with Crippen molar-refractivity contribution in [2.75, 3.05) is 12.3 Å². The first-order valence-corrected chi connectivity index (χ1v) is 6.89. The van der Waals surface area contributed by atoms with Crippen molar-refractivity contribution >= 4 is 17.6 Å². The second-order valence-electron chi connectivity index (χ2n) is 4.96. The Morgan fingerprint density at radius 3 is 2.55 bits per heavy atom. The van der Waals surface area contributed by atoms with Crippen LogP contribution in [0.1, 0.15) is 21.5 Å². The molecular formula is C17H18N2O3. The minimum Gasteiger partial charge on any atom is -0.452 e. The highest BCUT2D eigenvalue weighted by atomic mass is 16.5. The molecule has 1 amide bonds. The van der Waals surface area contributed by atoms with Crippen molar-refractivity contribution in [2.45, 2.75) is 13.5 Å². The lowest BCUT2D eigenvalue weighted by Crippen LogP contribution is -2.28. The number of benzene rings is 2. The molecule has 0 bridgehead atoms. The van der Waals surface area contributed by atoms with Gasteiger partial charge in [0.1, 0.15) is 0 Å². The van der Waals surface area contributed by atoms with Crippen LogP contribution in [0.25, 0.3) is 0 Å². The molecule has 3 N–H and O–H groups in total. The van der Waals surface area contributed by atoms with Gasteiger partial charge in [-0.25, -0.2) is 4.79 Å². The number of carbonyl (C=O) groups excluding carboxylic acids is 2. The number of hydrogen-bond donors (Lipinski definition) is 2. The quantitative estimate of drug-likeness (QED) is 0.654. The molecule has 0 aliphatic heterocycles. The number of carbonyl (C=O) groups is 2. The Morgan fingerprint density at radius 1 is 1.14 bits per heavy atom. The molecule has 114 valence electrons. The number of amides is 1. The minimum atomic E-state index is -0.571. The standard InChI is InChI=1S/C17H18N2O3/c1-12-5-7-13(8-6-12)10-19-16(20)11-22-17(21)14-3-2-4-15(18)9-14/h2-9H,10-11,18H2,1H3,(H,19,20). The molecule has 0 aromatic heterocycles. The van der Waals surface area contributed by atoms with Gasteiger partial charge in [-0.1, -0.05) is 35.9 Å². The number of anilines is 1. The van der Waals surface area contributed by atoms with E-state index in [9.17, 15) is 9.59 Å². The van der Waals surface area contributed by atoms with Crippen LogP contribution in [-0.4, -0.2) is 18.5 Å². The average molecular weight is 298 g/mol. The molecule has 2 rings (SSSR count). The van der Waals surface area contributed by atoms with Gasteiger partial charge in [0.15, 0.2) is 6.61 Å². The Kier molecular flexibility index (Phi) is 5.14. The molecule has 5 nitrogen and oxygen atoms in total. The minimum absolute atomic E-state index is 0.320. The van der Waals surface area contributed by atoms with Gasteiger partial charge in [-0.15, -0.1) is 0 Å². The van der Waals surface area contributed by atoms with Crippen molar-refractivity contribution in [3.05, 3.63) is 65.2 Å². The van der Waals surface area contributed by atoms with Crippen LogP contribution < -0.4 is 11.1 Å². The average Bonchev–Trinajstić information content (AvgIpc) is 2.52. The molecule has 0 fully saturated rings. The molecule has 0 unspecified atom stereocenters. The Balaban J connectivity index is 1.78. The maximum atomic E-state index is 11.8. The summed E-state index contributed by atoms with van der Waals surface area (Å²) in [7, 11) is 0. The van der Waals surface area contributed by atoms with E-state index in [0.717, 1.165) is 11.1 Å². The molecule has 0 saturated heterocycles. The molecule has 2 aromatic carbocycles. The van der Waals surface area contributed by atoms with Gasteiger partial charge in [0.05, 0.1) is 5.56 Å². The summed E-state index contributed by atoms with van der Waals surface area (Å²) in [6, 6.07) is 14.2. The third-order valence-electron chi connectivity index (χ3n) is 3.07. The van der Waals surface area contributed by atoms with Crippen LogP contribution in [0.4, 0.5) is 5.69 Å². The third kappa shape index (κ3) is 4.63. The number of nitrogens with two attached hydrogens (primary N) is 1. The van der Waals surface area contributed by atoms with E-state index in [-0.39, 0.29) is 12.5 Å². The van der Waals surface area contributed by atoms with E-state index in [1.54, 1.807) is 18.2 Å². The first-order valence-electron chi connectivity index (χ1n) is 6.89. The predicted molar refractivity (Wildman–Crippen MR) is 84.2 cm³/mol. The van der Waals surface area contributed by atoms with Crippen molar-refractivity contribution in [1.82, 2.24) is 5.32 Å². The van der Waals surface area contributed by atoms with Crippen molar-refractivity contribution in [3.63, 3.8) is 0 Å². The zero-order chi connectivity index (χ0) is 15.9. The van der Waals surface area contributed by atoms with Crippen LogP contribution in [0.15, 0.2) is 48.5 Å². The van der Waals surface area contributed by atoms with Gasteiger partial charge in [0, 0.05) is 12.2 Å². The maximum Gasteiger partial charge on any atom is 0.338 e. The molecule has 0 radical (unpaired) electrons. The number of aryl methyl sites for hydroxylation is 1. The van der Waals surface area contributed by atoms with Crippen LogP contribution in [0, 0.1) is 6.92 Å². The van der Waals surface area contributed by atoms with Crippen LogP contribution in [-0.2, 0) is 16.1 Å². The number of hydrogen-bond acceptors (Lipinski definition) is 4. The molecule has 0 atom stereocenters. The van der Waals surface area contributed by atoms with Gasteiger partial charge in [0.2, 0.25) is 0 Å². The molecule has 0 aliphatic carbocycles. The first-order chi connectivity index (χ1) is 10.5. The number of ether oxygens (including phenoxy) is 1. The molecule has 0 heterocycles. The summed E-state index contributed by atoms with van der Waals surface area (Å²) >= 11 is 0. The summed E-state index contributed by atoms with van der Waals surface area (Å²) in [4.78, 5) is 23.4. The van der Waals surface area contributed by atoms with Gasteiger partial charge < -0.3 is 15.8 Å². The van der Waals surface area contributed by atoms with Crippen LogP contribution >= 0.6 is 0 Å². The smallest absolute Gasteiger partial charge is 0.338 e. The second-order valence-corrected chi connectivity index (χ2v) is 4.96. The van der Waals surface area contributed by atoms with E-state index < -0.39 is 5.97 Å². The van der Waals surface area contributed by atoms with Gasteiger partial charge in [-0.2, -0.15) is 0 Å². The fraction of sp³-hybridized carbons (Fsp3) is 0.176. The van der Waals surface area contributed by atoms with Crippen LogP contribution in [0.3, 0.4) is 0 Å². The topological polar surface area (TPSA) is 81.4 Å². The highest BCUT2D eigenvalue weighted by molar-refractivity contribution is 5.92. The number of nitrogens with one attached hydrogen (secondary N) is 1. The molecule has 22 heavy (non-hydrogen) atoms. The Morgan fingerprint density at radius 2 is 1.86 bits per heavy atom. The summed E-state index contributed by atoms with van der Waals surface area (Å²) in [6.45, 7) is 2.08. The van der Waals surface area contributed by atoms with E-state index >= 15 is 0 Å². The molecule has 5 heteroatoms. The summed E-state index contributed by atoms with van der Waals surface area (Å²) in [5.74, 6) is -0.921. The summed E-state index contributed by atoms with van der Waals surface area (Å²) < 4.78 is 4.95. The predicted octanol–water partition coefficient (Wildman–Crippen LogP) is 2.05. The number of rotatable bonds is 5. The second kappa shape index (κ2) is 7.26. The molecule has 0 aliphatic rings. The molecule has 0 saturated carbocycles. The van der Waals surface area contributed by atoms with E-state index in [0.29, 0.717) is 17.8 Å². The summed E-state index contributed by atoms with van der Waals surface area (Å²) in [6.07, 6.45) is 0. The largest absolute Gasteiger partial charge is 0.452 e. The molecular weight excluding hydrogens is 280 g/mol. The van der Waals surface area contributed by atoms with Gasteiger partial charge in [-0.3, -0.25) is 4.79 Å². The lowest BCUT2D eigenvalue weighted by molar-refractivity contribution is -0.124. The van der Waals surface area contributed by atoms with Crippen molar-refractivity contribution in [2.24, 2.45) is 0 Å². The van der Waals surface area contributed by atoms with E-state index in [1.165, 1.54) is 6.07 Å². The fourth-order valence-corrected chi connectivity index (χ4v) is 1.84. The maximum absolute atomic E-state index is 11.8. The van der Waals surface area contributed by atoms with Crippen LogP contribution in [0.5, 0.6) is 0 Å². The van der Waals surface area contributed by atoms with Gasteiger partial charge >= 0.3 is 5.97 Å². The zero-order valence-corrected chi connectivity index (χ0v) is 12.3. The van der Waals surface area contributed by atoms with Crippen molar-refractivity contribution in [3.8, 4) is 0 Å². The van der Waals surface area contributed by atoms with Gasteiger partial charge in [-0.05, 0) is 30.7 Å². The van der Waals surface area contributed by atoms with Crippen molar-refractivity contribution in [1.29, 1.82) is 0 Å². The normalized spacial score (nSPS) is 10.0. The number of nitrogen functional groups attached to an aromatic ring is 1. The molecule has 2 aromatic rings. The Labute approximate surface area is 129 Å². The summed E-state index contributed by atoms with van der Waals surface area (Å²) in [5.41, 5.74) is 8.53. The fourth-order valence-electron chi connectivity index (χ4n) is 1.84. The Bertz CT molecular complexity index is 666. The van der Waals surface area contributed by atoms with Gasteiger partial charge in [0.25, 0.3) is 5.91 Å². The first kappa shape index (κ1) is 15.6. The van der Waals surface area contributed by atoms with Crippen molar-refractivity contribution < 1.29 is 14.3 Å². The van der Waals surface area contributed by atoms with E-state index in [4.69, 9.17) is 10.5 Å². The zero-order valence-electron chi connectivity index (χ0n) is 12.3. The Hall–Kier alpha value is -2.82. The SMILES string of the molecule is Cc1ccc(CNC(=O)COC(=O)c2cccc(N)c2)cc1.